The second-order valence-electron chi connectivity index (χ2n) is 6.65. The Hall–Kier alpha value is -2.86. The van der Waals surface area contributed by atoms with Gasteiger partial charge in [0.15, 0.2) is 11.7 Å². The maximum absolute atomic E-state index is 8.84. The van der Waals surface area contributed by atoms with Gasteiger partial charge in [-0.2, -0.15) is 5.26 Å². The quantitative estimate of drug-likeness (QED) is 0.452. The number of aryl methyl sites for hydroxylation is 1. The average Bonchev–Trinajstić information content (AvgIpc) is 3.13. The molecular weight excluding hydrogens is 320 g/mol. The van der Waals surface area contributed by atoms with Crippen molar-refractivity contribution in [2.45, 2.75) is 39.0 Å². The van der Waals surface area contributed by atoms with E-state index in [1.807, 2.05) is 43.3 Å². The van der Waals surface area contributed by atoms with Gasteiger partial charge in [-0.1, -0.05) is 73.5 Å². The minimum absolute atomic E-state index is 0.145. The molecule has 0 N–H and O–H groups in total. The van der Waals surface area contributed by atoms with Gasteiger partial charge in [0.25, 0.3) is 0 Å². The molecule has 0 unspecified atom stereocenters. The fourth-order valence-electron chi connectivity index (χ4n) is 3.02. The number of nitrogens with zero attached hydrogens (tertiary/aromatic N) is 2. The molecule has 3 aromatic rings. The van der Waals surface area contributed by atoms with Gasteiger partial charge in [0, 0.05) is 23.5 Å². The Labute approximate surface area is 155 Å². The number of hydrogen-bond donors (Lipinski definition) is 0. The largest absolute Gasteiger partial charge is 0.440 e. The van der Waals surface area contributed by atoms with Crippen LogP contribution in [0.4, 0.5) is 0 Å². The number of aromatic nitrogens is 1. The Morgan fingerprint density at radius 1 is 0.923 bits per heavy atom. The van der Waals surface area contributed by atoms with Crippen LogP contribution in [0.1, 0.15) is 38.5 Å². The van der Waals surface area contributed by atoms with Crippen molar-refractivity contribution >= 4 is 0 Å². The number of nitriles is 1. The summed E-state index contributed by atoms with van der Waals surface area (Å²) >= 11 is 0. The molecule has 132 valence electrons. The molecular formula is C23H24N2O. The van der Waals surface area contributed by atoms with Gasteiger partial charge in [0.2, 0.25) is 0 Å². The third-order valence-corrected chi connectivity index (χ3v) is 4.50. The highest BCUT2D eigenvalue weighted by Crippen LogP contribution is 2.32. The van der Waals surface area contributed by atoms with Crippen LogP contribution in [-0.4, -0.2) is 4.98 Å². The zero-order chi connectivity index (χ0) is 18.2. The Balaban J connectivity index is 1.74. The lowest BCUT2D eigenvalue weighted by Crippen LogP contribution is -1.91. The van der Waals surface area contributed by atoms with Crippen LogP contribution in [0.25, 0.3) is 22.6 Å². The molecule has 0 amide bonds. The van der Waals surface area contributed by atoms with Gasteiger partial charge in [-0.05, 0) is 19.8 Å². The molecule has 3 heteroatoms. The van der Waals surface area contributed by atoms with E-state index in [2.05, 4.69) is 30.3 Å². The van der Waals surface area contributed by atoms with E-state index in [0.29, 0.717) is 0 Å². The number of oxazole rings is 1. The third-order valence-electron chi connectivity index (χ3n) is 4.50. The van der Waals surface area contributed by atoms with Crippen molar-refractivity contribution in [3.63, 3.8) is 0 Å². The average molecular weight is 344 g/mol. The van der Waals surface area contributed by atoms with Crippen molar-refractivity contribution in [2.75, 3.05) is 0 Å². The van der Waals surface area contributed by atoms with Crippen LogP contribution in [0.15, 0.2) is 65.1 Å². The van der Waals surface area contributed by atoms with Gasteiger partial charge in [0.05, 0.1) is 6.07 Å². The van der Waals surface area contributed by atoms with E-state index in [9.17, 15) is 0 Å². The van der Waals surface area contributed by atoms with Gasteiger partial charge in [0.1, 0.15) is 5.69 Å². The van der Waals surface area contributed by atoms with Crippen LogP contribution in [0.3, 0.4) is 0 Å². The molecule has 0 aliphatic rings. The summed E-state index contributed by atoms with van der Waals surface area (Å²) in [6, 6.07) is 22.6. The van der Waals surface area contributed by atoms with Crippen molar-refractivity contribution in [1.29, 1.82) is 5.26 Å². The monoisotopic (exact) mass is 344 g/mol. The minimum Gasteiger partial charge on any atom is -0.440 e. The maximum Gasteiger partial charge on any atom is 0.195 e. The first-order valence-corrected chi connectivity index (χ1v) is 9.28. The topological polar surface area (TPSA) is 49.8 Å². The predicted octanol–water partition coefficient (Wildman–Crippen LogP) is 6.27. The van der Waals surface area contributed by atoms with E-state index in [1.54, 1.807) is 0 Å². The van der Waals surface area contributed by atoms with E-state index in [0.717, 1.165) is 60.6 Å². The summed E-state index contributed by atoms with van der Waals surface area (Å²) in [5.74, 6) is 1.77. The summed E-state index contributed by atoms with van der Waals surface area (Å²) < 4.78 is 6.14. The Kier molecular flexibility index (Phi) is 6.22. The molecule has 1 atom stereocenters. The van der Waals surface area contributed by atoms with E-state index < -0.39 is 0 Å². The van der Waals surface area contributed by atoms with Crippen LogP contribution < -0.4 is 0 Å². The lowest BCUT2D eigenvalue weighted by molar-refractivity contribution is 0.484. The molecule has 0 aliphatic heterocycles. The highest BCUT2D eigenvalue weighted by Gasteiger charge is 2.16. The van der Waals surface area contributed by atoms with E-state index in [-0.39, 0.29) is 5.92 Å². The number of benzene rings is 2. The van der Waals surface area contributed by atoms with Crippen molar-refractivity contribution in [3.8, 4) is 28.7 Å². The standard InChI is InChI=1S/C23H24N2O/c1-18(17-24)11-5-2-10-16-21-25-22(19-12-6-3-7-13-19)23(26-21)20-14-8-4-9-15-20/h3-4,6-9,12-15,18H,2,5,10-11,16H2,1H3/t18-/m0/s1. The molecule has 26 heavy (non-hydrogen) atoms. The molecule has 2 aromatic carbocycles. The molecule has 0 saturated carbocycles. The van der Waals surface area contributed by atoms with Gasteiger partial charge in [-0.3, -0.25) is 0 Å². The molecule has 0 radical (unpaired) electrons. The molecule has 0 spiro atoms. The van der Waals surface area contributed by atoms with Gasteiger partial charge in [-0.15, -0.1) is 0 Å². The summed E-state index contributed by atoms with van der Waals surface area (Å²) in [5.41, 5.74) is 3.03. The summed E-state index contributed by atoms with van der Waals surface area (Å²) in [6.07, 6.45) is 4.99. The molecule has 0 fully saturated rings. The van der Waals surface area contributed by atoms with Crippen LogP contribution in [0.5, 0.6) is 0 Å². The zero-order valence-corrected chi connectivity index (χ0v) is 15.2. The summed E-state index contributed by atoms with van der Waals surface area (Å²) in [6.45, 7) is 1.98. The lowest BCUT2D eigenvalue weighted by atomic mass is 10.0. The second-order valence-corrected chi connectivity index (χ2v) is 6.65. The van der Waals surface area contributed by atoms with Crippen molar-refractivity contribution in [2.24, 2.45) is 5.92 Å². The van der Waals surface area contributed by atoms with Crippen LogP contribution in [-0.2, 0) is 6.42 Å². The first kappa shape index (κ1) is 17.9. The van der Waals surface area contributed by atoms with Crippen molar-refractivity contribution in [1.82, 2.24) is 4.98 Å². The lowest BCUT2D eigenvalue weighted by Gasteiger charge is -2.01. The van der Waals surface area contributed by atoms with Gasteiger partial charge < -0.3 is 4.42 Å². The SMILES string of the molecule is C[C@H](C#N)CCCCCc1nc(-c2ccccc2)c(-c2ccccc2)o1. The Bertz CT molecular complexity index is 790. The third kappa shape index (κ3) is 4.61. The number of rotatable bonds is 8. The zero-order valence-electron chi connectivity index (χ0n) is 15.2. The number of unbranched alkanes of at least 4 members (excludes halogenated alkanes) is 2. The maximum atomic E-state index is 8.84. The van der Waals surface area contributed by atoms with E-state index in [1.165, 1.54) is 0 Å². The van der Waals surface area contributed by atoms with Crippen LogP contribution in [0.2, 0.25) is 0 Å². The van der Waals surface area contributed by atoms with Crippen LogP contribution >= 0.6 is 0 Å². The van der Waals surface area contributed by atoms with Gasteiger partial charge >= 0.3 is 0 Å². The molecule has 1 aromatic heterocycles. The van der Waals surface area contributed by atoms with E-state index >= 15 is 0 Å². The summed E-state index contributed by atoms with van der Waals surface area (Å²) in [4.78, 5) is 4.79. The molecule has 0 saturated heterocycles. The first-order valence-electron chi connectivity index (χ1n) is 9.28. The highest BCUT2D eigenvalue weighted by atomic mass is 16.4. The smallest absolute Gasteiger partial charge is 0.195 e. The van der Waals surface area contributed by atoms with Crippen LogP contribution in [0, 0.1) is 17.2 Å². The predicted molar refractivity (Wildman–Crippen MR) is 104 cm³/mol. The van der Waals surface area contributed by atoms with E-state index in [4.69, 9.17) is 14.7 Å². The Morgan fingerprint density at radius 3 is 2.23 bits per heavy atom. The second kappa shape index (κ2) is 9.01. The molecule has 1 heterocycles. The number of hydrogen-bond acceptors (Lipinski definition) is 3. The summed E-state index contributed by atoms with van der Waals surface area (Å²) in [5, 5.41) is 8.84. The van der Waals surface area contributed by atoms with Gasteiger partial charge in [-0.25, -0.2) is 4.98 Å². The normalized spacial score (nSPS) is 11.8. The fraction of sp³-hybridized carbons (Fsp3) is 0.304. The van der Waals surface area contributed by atoms with Crippen molar-refractivity contribution in [3.05, 3.63) is 66.6 Å². The molecule has 3 rings (SSSR count). The molecule has 0 aliphatic carbocycles. The molecule has 0 bridgehead atoms. The summed E-state index contributed by atoms with van der Waals surface area (Å²) in [7, 11) is 0. The highest BCUT2D eigenvalue weighted by molar-refractivity contribution is 5.76. The Morgan fingerprint density at radius 2 is 1.58 bits per heavy atom. The first-order chi connectivity index (χ1) is 12.8. The van der Waals surface area contributed by atoms with Crippen molar-refractivity contribution < 1.29 is 4.42 Å². The fourth-order valence-corrected chi connectivity index (χ4v) is 3.02. The molecule has 3 nitrogen and oxygen atoms in total. The minimum atomic E-state index is 0.145.